The minimum absolute atomic E-state index is 0.112. The van der Waals surface area contributed by atoms with Crippen LogP contribution in [-0.2, 0) is 4.79 Å². The van der Waals surface area contributed by atoms with Crippen molar-refractivity contribution in [1.82, 2.24) is 10.2 Å². The van der Waals surface area contributed by atoms with Crippen LogP contribution < -0.4 is 5.32 Å². The third kappa shape index (κ3) is 4.45. The molecule has 29 heavy (non-hydrogen) atoms. The second-order valence-corrected chi connectivity index (χ2v) is 8.41. The molecule has 2 aromatic rings. The number of rotatable bonds is 4. The zero-order chi connectivity index (χ0) is 20.2. The molecule has 4 rings (SSSR count). The van der Waals surface area contributed by atoms with Gasteiger partial charge in [0.1, 0.15) is 0 Å². The zero-order valence-electron chi connectivity index (χ0n) is 16.8. The zero-order valence-corrected chi connectivity index (χ0v) is 16.8. The Morgan fingerprint density at radius 2 is 1.66 bits per heavy atom. The number of hydrogen-bond acceptors (Lipinski definition) is 3. The van der Waals surface area contributed by atoms with Crippen molar-refractivity contribution in [3.63, 3.8) is 0 Å². The second-order valence-electron chi connectivity index (χ2n) is 8.41. The van der Waals surface area contributed by atoms with Gasteiger partial charge in [-0.25, -0.2) is 0 Å². The number of nitrogens with one attached hydrogen (secondary N) is 1. The van der Waals surface area contributed by atoms with E-state index >= 15 is 0 Å². The lowest BCUT2D eigenvalue weighted by atomic mass is 10.0. The predicted octanol–water partition coefficient (Wildman–Crippen LogP) is 3.64. The molecule has 2 N–H and O–H groups in total. The van der Waals surface area contributed by atoms with Crippen LogP contribution in [-0.4, -0.2) is 46.6 Å². The Labute approximate surface area is 172 Å². The fourth-order valence-corrected chi connectivity index (χ4v) is 4.75. The molecule has 1 saturated heterocycles. The summed E-state index contributed by atoms with van der Waals surface area (Å²) in [5, 5.41) is 15.9. The van der Waals surface area contributed by atoms with Gasteiger partial charge < -0.3 is 15.3 Å². The lowest BCUT2D eigenvalue weighted by molar-refractivity contribution is -0.132. The number of carbonyl (C=O) groups is 2. The Kier molecular flexibility index (Phi) is 6.14. The van der Waals surface area contributed by atoms with Gasteiger partial charge >= 0.3 is 0 Å². The highest BCUT2D eigenvalue weighted by Crippen LogP contribution is 2.25. The smallest absolute Gasteiger partial charge is 0.254 e. The summed E-state index contributed by atoms with van der Waals surface area (Å²) in [6.07, 6.45) is 6.90. The topological polar surface area (TPSA) is 69.6 Å². The SMILES string of the molecule is O=C(NC1CCCCCC1)C(O)[C@@H]1CCCN1C(=O)c1ccc2ccccc2c1. The molecule has 0 radical (unpaired) electrons. The first-order valence-corrected chi connectivity index (χ1v) is 10.9. The van der Waals surface area contributed by atoms with Crippen LogP contribution in [0.15, 0.2) is 42.5 Å². The number of aliphatic hydroxyl groups excluding tert-OH is 1. The third-order valence-corrected chi connectivity index (χ3v) is 6.39. The highest BCUT2D eigenvalue weighted by molar-refractivity contribution is 5.99. The van der Waals surface area contributed by atoms with E-state index in [4.69, 9.17) is 0 Å². The fraction of sp³-hybridized carbons (Fsp3) is 0.500. The van der Waals surface area contributed by atoms with E-state index in [1.54, 1.807) is 4.90 Å². The summed E-state index contributed by atoms with van der Waals surface area (Å²) in [5.74, 6) is -0.445. The number of nitrogens with zero attached hydrogens (tertiary/aromatic N) is 1. The fourth-order valence-electron chi connectivity index (χ4n) is 4.75. The molecular formula is C24H30N2O3. The summed E-state index contributed by atoms with van der Waals surface area (Å²) < 4.78 is 0. The van der Waals surface area contributed by atoms with Gasteiger partial charge in [0, 0.05) is 18.2 Å². The van der Waals surface area contributed by atoms with E-state index in [1.807, 2.05) is 42.5 Å². The average Bonchev–Trinajstić information content (AvgIpc) is 3.10. The van der Waals surface area contributed by atoms with Crippen LogP contribution in [0.5, 0.6) is 0 Å². The Morgan fingerprint density at radius 3 is 2.41 bits per heavy atom. The summed E-state index contributed by atoms with van der Waals surface area (Å²) in [4.78, 5) is 27.5. The second kappa shape index (κ2) is 8.95. The van der Waals surface area contributed by atoms with Crippen LogP contribution in [0.25, 0.3) is 10.8 Å². The van der Waals surface area contributed by atoms with Gasteiger partial charge in [-0.15, -0.1) is 0 Å². The van der Waals surface area contributed by atoms with Crippen molar-refractivity contribution in [1.29, 1.82) is 0 Å². The van der Waals surface area contributed by atoms with Gasteiger partial charge in [-0.3, -0.25) is 9.59 Å². The highest BCUT2D eigenvalue weighted by atomic mass is 16.3. The Hall–Kier alpha value is -2.40. The molecule has 0 bridgehead atoms. The van der Waals surface area contributed by atoms with Gasteiger partial charge in [0.2, 0.25) is 0 Å². The van der Waals surface area contributed by atoms with E-state index in [-0.39, 0.29) is 17.9 Å². The lowest BCUT2D eigenvalue weighted by Gasteiger charge is -2.29. The van der Waals surface area contributed by atoms with Crippen molar-refractivity contribution >= 4 is 22.6 Å². The molecule has 1 aliphatic carbocycles. The molecular weight excluding hydrogens is 364 g/mol. The van der Waals surface area contributed by atoms with Gasteiger partial charge in [0.25, 0.3) is 11.8 Å². The number of likely N-dealkylation sites (tertiary alicyclic amines) is 1. The summed E-state index contributed by atoms with van der Waals surface area (Å²) in [7, 11) is 0. The minimum Gasteiger partial charge on any atom is -0.381 e. The van der Waals surface area contributed by atoms with Gasteiger partial charge in [-0.2, -0.15) is 0 Å². The quantitative estimate of drug-likeness (QED) is 0.778. The van der Waals surface area contributed by atoms with E-state index < -0.39 is 12.1 Å². The molecule has 5 heteroatoms. The molecule has 2 amide bonds. The Balaban J connectivity index is 1.45. The number of benzene rings is 2. The molecule has 0 spiro atoms. The normalized spacial score (nSPS) is 21.7. The first kappa shape index (κ1) is 19.9. The molecule has 154 valence electrons. The Bertz CT molecular complexity index is 873. The molecule has 5 nitrogen and oxygen atoms in total. The van der Waals surface area contributed by atoms with E-state index in [2.05, 4.69) is 5.32 Å². The van der Waals surface area contributed by atoms with E-state index in [1.165, 1.54) is 12.8 Å². The molecule has 2 aromatic carbocycles. The number of aliphatic hydroxyl groups is 1. The van der Waals surface area contributed by atoms with E-state index in [9.17, 15) is 14.7 Å². The van der Waals surface area contributed by atoms with Crippen LogP contribution in [0.1, 0.15) is 61.7 Å². The Morgan fingerprint density at radius 1 is 0.931 bits per heavy atom. The summed E-state index contributed by atoms with van der Waals surface area (Å²) in [6.45, 7) is 0.574. The molecule has 0 aromatic heterocycles. The van der Waals surface area contributed by atoms with Crippen molar-refractivity contribution in [2.75, 3.05) is 6.54 Å². The number of amides is 2. The van der Waals surface area contributed by atoms with Crippen molar-refractivity contribution < 1.29 is 14.7 Å². The molecule has 2 aliphatic rings. The monoisotopic (exact) mass is 394 g/mol. The maximum Gasteiger partial charge on any atom is 0.254 e. The summed E-state index contributed by atoms with van der Waals surface area (Å²) in [6, 6.07) is 13.3. The minimum atomic E-state index is -1.18. The maximum atomic E-state index is 13.1. The van der Waals surface area contributed by atoms with Gasteiger partial charge in [0.15, 0.2) is 6.10 Å². The van der Waals surface area contributed by atoms with Crippen LogP contribution in [0.2, 0.25) is 0 Å². The lowest BCUT2D eigenvalue weighted by Crippen LogP contribution is -2.51. The van der Waals surface area contributed by atoms with Crippen LogP contribution in [0.4, 0.5) is 0 Å². The van der Waals surface area contributed by atoms with Gasteiger partial charge in [0.05, 0.1) is 6.04 Å². The molecule has 1 saturated carbocycles. The number of fused-ring (bicyclic) bond motifs is 1. The molecule has 1 heterocycles. The first-order valence-electron chi connectivity index (χ1n) is 10.9. The maximum absolute atomic E-state index is 13.1. The van der Waals surface area contributed by atoms with Crippen LogP contribution in [0.3, 0.4) is 0 Å². The van der Waals surface area contributed by atoms with Crippen molar-refractivity contribution in [3.8, 4) is 0 Å². The molecule has 2 fully saturated rings. The third-order valence-electron chi connectivity index (χ3n) is 6.39. The average molecular weight is 395 g/mol. The number of hydrogen-bond donors (Lipinski definition) is 2. The summed E-state index contributed by atoms with van der Waals surface area (Å²) >= 11 is 0. The van der Waals surface area contributed by atoms with Crippen molar-refractivity contribution in [3.05, 3.63) is 48.0 Å². The van der Waals surface area contributed by atoms with Crippen LogP contribution >= 0.6 is 0 Å². The molecule has 2 atom stereocenters. The summed E-state index contributed by atoms with van der Waals surface area (Å²) in [5.41, 5.74) is 0.604. The van der Waals surface area contributed by atoms with Gasteiger partial charge in [-0.05, 0) is 48.6 Å². The van der Waals surface area contributed by atoms with Crippen molar-refractivity contribution in [2.45, 2.75) is 69.6 Å². The first-order chi connectivity index (χ1) is 14.1. The van der Waals surface area contributed by atoms with E-state index in [0.717, 1.165) is 42.9 Å². The molecule has 1 unspecified atom stereocenters. The van der Waals surface area contributed by atoms with Gasteiger partial charge in [-0.1, -0.05) is 56.0 Å². The largest absolute Gasteiger partial charge is 0.381 e. The highest BCUT2D eigenvalue weighted by Gasteiger charge is 2.38. The van der Waals surface area contributed by atoms with Crippen molar-refractivity contribution in [2.24, 2.45) is 0 Å². The van der Waals surface area contributed by atoms with E-state index in [0.29, 0.717) is 18.5 Å². The predicted molar refractivity (Wildman–Crippen MR) is 114 cm³/mol. The molecule has 1 aliphatic heterocycles. The standard InChI is InChI=1S/C24H30N2O3/c27-22(23(28)25-20-10-3-1-2-4-11-20)21-12-7-15-26(21)24(29)19-14-13-17-8-5-6-9-18(17)16-19/h5-6,8-9,13-14,16,20-22,27H,1-4,7,10-12,15H2,(H,25,28)/t21-,22?/m0/s1. The van der Waals surface area contributed by atoms with Crippen LogP contribution in [0, 0.1) is 0 Å². The number of carbonyl (C=O) groups excluding carboxylic acids is 2.